The molecule has 0 aromatic carbocycles. The summed E-state index contributed by atoms with van der Waals surface area (Å²) in [6, 6.07) is 0. The summed E-state index contributed by atoms with van der Waals surface area (Å²) in [4.78, 5) is 33.4. The molecule has 0 spiro atoms. The molecule has 0 saturated heterocycles. The first-order valence-corrected chi connectivity index (χ1v) is 3.02. The van der Waals surface area contributed by atoms with Gasteiger partial charge in [-0.2, -0.15) is 0 Å². The van der Waals surface area contributed by atoms with Gasteiger partial charge in [-0.15, -0.1) is 8.17 Å². The molecule has 0 amide bonds. The number of halogens is 2. The number of hydrogen-bond donors (Lipinski definition) is 1. The van der Waals surface area contributed by atoms with Gasteiger partial charge >= 0.3 is 120 Å². The fraction of sp³-hybridized carbons (Fsp3) is 0. The van der Waals surface area contributed by atoms with Crippen LogP contribution in [0, 0.1) is 0 Å². The van der Waals surface area contributed by atoms with Crippen LogP contribution in [0.25, 0.3) is 0 Å². The van der Waals surface area contributed by atoms with E-state index >= 15 is 0 Å². The zero-order chi connectivity index (χ0) is 8.59. The standard InChI is InChI=1S/C3HCl2N3O3.2K.2H/c4-7-1(9)6-2(10)8(5)3(7)11;;;;/h(H,6,9,10);;;;/q;2*+1;2*-1. The first-order chi connectivity index (χ1) is 5.04. The van der Waals surface area contributed by atoms with Crippen molar-refractivity contribution >= 4 is 23.6 Å². The van der Waals surface area contributed by atoms with Crippen molar-refractivity contribution in [1.82, 2.24) is 13.2 Å². The first kappa shape index (κ1) is 17.7. The molecule has 0 radical (unpaired) electrons. The van der Waals surface area contributed by atoms with Crippen molar-refractivity contribution in [1.29, 1.82) is 0 Å². The first-order valence-electron chi connectivity index (χ1n) is 2.34. The van der Waals surface area contributed by atoms with Crippen molar-refractivity contribution in [3.05, 3.63) is 31.5 Å². The van der Waals surface area contributed by atoms with Crippen LogP contribution in [0.15, 0.2) is 14.4 Å². The molecule has 10 heteroatoms. The van der Waals surface area contributed by atoms with Crippen LogP contribution in [0.5, 0.6) is 0 Å². The molecular formula is C3H3Cl2K2N3O3. The van der Waals surface area contributed by atoms with E-state index in [9.17, 15) is 14.4 Å². The maximum absolute atomic E-state index is 10.7. The monoisotopic (exact) mass is 277 g/mol. The molecule has 0 atom stereocenters. The Bertz CT molecular complexity index is 420. The second-order valence-corrected chi connectivity index (χ2v) is 2.26. The van der Waals surface area contributed by atoms with Crippen LogP contribution >= 0.6 is 23.6 Å². The minimum absolute atomic E-state index is 0. The van der Waals surface area contributed by atoms with Crippen LogP contribution in [0.4, 0.5) is 0 Å². The quantitative estimate of drug-likeness (QED) is 0.479. The third-order valence-electron chi connectivity index (χ3n) is 0.906. The molecule has 1 aromatic heterocycles. The van der Waals surface area contributed by atoms with Gasteiger partial charge in [0.05, 0.1) is 0 Å². The van der Waals surface area contributed by atoms with E-state index in [1.165, 1.54) is 0 Å². The van der Waals surface area contributed by atoms with E-state index in [1.807, 2.05) is 0 Å². The van der Waals surface area contributed by atoms with Crippen LogP contribution in [-0.4, -0.2) is 13.2 Å². The van der Waals surface area contributed by atoms with E-state index in [-0.39, 0.29) is 114 Å². The van der Waals surface area contributed by atoms with Crippen molar-refractivity contribution < 1.29 is 106 Å². The number of aromatic nitrogens is 3. The third kappa shape index (κ3) is 4.33. The molecule has 1 rings (SSSR count). The number of rotatable bonds is 0. The maximum Gasteiger partial charge on any atom is 1.00 e. The summed E-state index contributed by atoms with van der Waals surface area (Å²) in [7, 11) is 0. The molecule has 13 heavy (non-hydrogen) atoms. The molecule has 64 valence electrons. The van der Waals surface area contributed by atoms with E-state index in [2.05, 4.69) is 0 Å². The largest absolute Gasteiger partial charge is 1.00 e. The Labute approximate surface area is 170 Å². The summed E-state index contributed by atoms with van der Waals surface area (Å²) >= 11 is 10.1. The summed E-state index contributed by atoms with van der Waals surface area (Å²) < 4.78 is 0.322. The average Bonchev–Trinajstić information content (AvgIpc) is 1.97. The number of H-pyrrole nitrogens is 1. The van der Waals surface area contributed by atoms with Gasteiger partial charge in [0.15, 0.2) is 0 Å². The van der Waals surface area contributed by atoms with Crippen molar-refractivity contribution in [2.24, 2.45) is 0 Å². The van der Waals surface area contributed by atoms with Gasteiger partial charge < -0.3 is 2.85 Å². The molecule has 0 aliphatic rings. The smallest absolute Gasteiger partial charge is 1.00 e. The Morgan fingerprint density at radius 2 is 1.31 bits per heavy atom. The van der Waals surface area contributed by atoms with Crippen molar-refractivity contribution in [2.45, 2.75) is 0 Å². The summed E-state index contributed by atoms with van der Waals surface area (Å²) in [5.74, 6) is 0. The molecule has 0 aliphatic carbocycles. The Kier molecular flexibility index (Phi) is 10.2. The van der Waals surface area contributed by atoms with Crippen LogP contribution in [0.1, 0.15) is 2.85 Å². The number of aromatic amines is 1. The van der Waals surface area contributed by atoms with Crippen molar-refractivity contribution in [3.63, 3.8) is 0 Å². The minimum atomic E-state index is -1.10. The Balaban J connectivity index is -0.000000151. The van der Waals surface area contributed by atoms with E-state index < -0.39 is 17.1 Å². The van der Waals surface area contributed by atoms with Gasteiger partial charge in [0, 0.05) is 23.6 Å². The second kappa shape index (κ2) is 7.52. The Morgan fingerprint density at radius 3 is 1.62 bits per heavy atom. The summed E-state index contributed by atoms with van der Waals surface area (Å²) in [6.07, 6.45) is 0. The number of nitrogens with zero attached hydrogens (tertiary/aromatic N) is 2. The zero-order valence-electron chi connectivity index (χ0n) is 8.88. The van der Waals surface area contributed by atoms with E-state index in [0.717, 1.165) is 0 Å². The predicted molar refractivity (Wildman–Crippen MR) is 40.3 cm³/mol. The second-order valence-electron chi connectivity index (χ2n) is 1.58. The third-order valence-corrected chi connectivity index (χ3v) is 1.50. The Morgan fingerprint density at radius 1 is 1.00 bits per heavy atom. The van der Waals surface area contributed by atoms with Crippen LogP contribution in [0.2, 0.25) is 0 Å². The number of hydrogen-bond acceptors (Lipinski definition) is 3. The van der Waals surface area contributed by atoms with Gasteiger partial charge in [0.2, 0.25) is 0 Å². The summed E-state index contributed by atoms with van der Waals surface area (Å²) in [5, 5.41) is 0. The van der Waals surface area contributed by atoms with Gasteiger partial charge in [0.1, 0.15) is 0 Å². The fourth-order valence-electron chi connectivity index (χ4n) is 0.440. The normalized spacial score (nSPS) is 8.46. The maximum atomic E-state index is 10.7. The zero-order valence-corrected chi connectivity index (χ0v) is 14.6. The van der Waals surface area contributed by atoms with Gasteiger partial charge in [-0.05, 0) is 0 Å². The molecule has 0 unspecified atom stereocenters. The molecule has 1 N–H and O–H groups in total. The molecule has 0 bridgehead atoms. The number of nitrogens with one attached hydrogen (secondary N) is 1. The van der Waals surface area contributed by atoms with Gasteiger partial charge in [-0.3, -0.25) is 4.98 Å². The van der Waals surface area contributed by atoms with E-state index in [1.54, 1.807) is 4.98 Å². The predicted octanol–water partition coefficient (Wildman–Crippen LogP) is -7.06. The van der Waals surface area contributed by atoms with E-state index in [0.29, 0.717) is 0 Å². The SMILES string of the molecule is O=c1[nH]c(=O)n(Cl)c(=O)n1Cl.[H-].[H-].[K+].[K+]. The van der Waals surface area contributed by atoms with Crippen LogP contribution < -0.4 is 120 Å². The van der Waals surface area contributed by atoms with Crippen LogP contribution in [0.3, 0.4) is 0 Å². The summed E-state index contributed by atoms with van der Waals surface area (Å²) in [5.41, 5.74) is -3.13. The van der Waals surface area contributed by atoms with Crippen molar-refractivity contribution in [2.75, 3.05) is 0 Å². The van der Waals surface area contributed by atoms with Crippen LogP contribution in [-0.2, 0) is 0 Å². The van der Waals surface area contributed by atoms with Gasteiger partial charge in [-0.1, -0.05) is 0 Å². The molecule has 1 aromatic rings. The molecule has 6 nitrogen and oxygen atoms in total. The topological polar surface area (TPSA) is 76.9 Å². The van der Waals surface area contributed by atoms with E-state index in [4.69, 9.17) is 23.6 Å². The molecule has 1 heterocycles. The van der Waals surface area contributed by atoms with Gasteiger partial charge in [0.25, 0.3) is 0 Å². The molecule has 0 saturated carbocycles. The molecule has 0 aliphatic heterocycles. The van der Waals surface area contributed by atoms with Crippen molar-refractivity contribution in [3.8, 4) is 0 Å². The molecular weight excluding hydrogens is 275 g/mol. The molecule has 0 fully saturated rings. The van der Waals surface area contributed by atoms with Gasteiger partial charge in [-0.25, -0.2) is 14.4 Å². The summed E-state index contributed by atoms with van der Waals surface area (Å²) in [6.45, 7) is 0. The average molecular weight is 278 g/mol. The fourth-order valence-corrected chi connectivity index (χ4v) is 0.715. The Hall–Kier alpha value is 2.26. The minimum Gasteiger partial charge on any atom is -1.00 e.